The van der Waals surface area contributed by atoms with E-state index in [1.165, 1.54) is 5.56 Å². The zero-order valence-electron chi connectivity index (χ0n) is 17.2. The summed E-state index contributed by atoms with van der Waals surface area (Å²) in [5.74, 6) is 2.13. The number of hydrogen-bond acceptors (Lipinski definition) is 4. The van der Waals surface area contributed by atoms with Crippen LogP contribution in [0.1, 0.15) is 39.2 Å². The van der Waals surface area contributed by atoms with Crippen molar-refractivity contribution < 1.29 is 19.0 Å². The van der Waals surface area contributed by atoms with E-state index in [0.29, 0.717) is 24.5 Å². The number of amides is 1. The third-order valence-electron chi connectivity index (χ3n) is 4.22. The molecule has 1 atom stereocenters. The fourth-order valence-corrected chi connectivity index (χ4v) is 2.79. The van der Waals surface area contributed by atoms with Gasteiger partial charge in [-0.15, -0.1) is 0 Å². The van der Waals surface area contributed by atoms with Gasteiger partial charge in [-0.3, -0.25) is 4.79 Å². The zero-order valence-corrected chi connectivity index (χ0v) is 17.2. The summed E-state index contributed by atoms with van der Waals surface area (Å²) in [6.45, 7) is 6.57. The van der Waals surface area contributed by atoms with Gasteiger partial charge in [0.25, 0.3) is 5.91 Å². The second kappa shape index (κ2) is 11.2. The molecule has 0 unspecified atom stereocenters. The van der Waals surface area contributed by atoms with Crippen LogP contribution in [0.4, 0.5) is 0 Å². The standard InChI is InChI=1S/C23H31NO4/c1-5-22(28-21-10-6-9-20(16-21)26-4)23(25)24-15-7-8-18-11-13-19(14-12-18)27-17(2)3/h6,9-14,16-17,22H,5,7-8,15H2,1-4H3,(H,24,25)/t22-/m0/s1. The van der Waals surface area contributed by atoms with Crippen molar-refractivity contribution in [1.82, 2.24) is 5.32 Å². The molecule has 0 aliphatic rings. The van der Waals surface area contributed by atoms with E-state index >= 15 is 0 Å². The van der Waals surface area contributed by atoms with Crippen LogP contribution in [-0.4, -0.2) is 31.8 Å². The molecular formula is C23H31NO4. The van der Waals surface area contributed by atoms with Crippen molar-refractivity contribution in [3.63, 3.8) is 0 Å². The number of hydrogen-bond donors (Lipinski definition) is 1. The van der Waals surface area contributed by atoms with Gasteiger partial charge in [-0.1, -0.05) is 25.1 Å². The molecule has 0 saturated heterocycles. The molecule has 5 nitrogen and oxygen atoms in total. The molecular weight excluding hydrogens is 354 g/mol. The molecule has 0 aliphatic heterocycles. The van der Waals surface area contributed by atoms with E-state index in [-0.39, 0.29) is 12.0 Å². The van der Waals surface area contributed by atoms with Gasteiger partial charge in [-0.25, -0.2) is 0 Å². The van der Waals surface area contributed by atoms with Crippen LogP contribution in [0.2, 0.25) is 0 Å². The lowest BCUT2D eigenvalue weighted by Gasteiger charge is -2.17. The lowest BCUT2D eigenvalue weighted by molar-refractivity contribution is -0.128. The Labute approximate surface area is 168 Å². The lowest BCUT2D eigenvalue weighted by atomic mass is 10.1. The van der Waals surface area contributed by atoms with Crippen LogP contribution in [0.3, 0.4) is 0 Å². The third kappa shape index (κ3) is 7.14. The van der Waals surface area contributed by atoms with Crippen molar-refractivity contribution >= 4 is 5.91 Å². The Balaban J connectivity index is 1.75. The van der Waals surface area contributed by atoms with Gasteiger partial charge in [0.05, 0.1) is 13.2 Å². The second-order valence-electron chi connectivity index (χ2n) is 6.90. The predicted octanol–water partition coefficient (Wildman–Crippen LogP) is 4.39. The number of rotatable bonds is 11. The predicted molar refractivity (Wildman–Crippen MR) is 111 cm³/mol. The first kappa shape index (κ1) is 21.6. The van der Waals surface area contributed by atoms with Crippen molar-refractivity contribution in [2.24, 2.45) is 0 Å². The maximum Gasteiger partial charge on any atom is 0.261 e. The summed E-state index contributed by atoms with van der Waals surface area (Å²) in [5, 5.41) is 2.97. The van der Waals surface area contributed by atoms with Crippen LogP contribution in [0.25, 0.3) is 0 Å². The van der Waals surface area contributed by atoms with Crippen LogP contribution in [-0.2, 0) is 11.2 Å². The average Bonchev–Trinajstić information content (AvgIpc) is 2.70. The summed E-state index contributed by atoms with van der Waals surface area (Å²) in [7, 11) is 1.61. The van der Waals surface area contributed by atoms with Gasteiger partial charge >= 0.3 is 0 Å². The minimum absolute atomic E-state index is 0.0917. The van der Waals surface area contributed by atoms with E-state index in [1.807, 2.05) is 51.1 Å². The minimum Gasteiger partial charge on any atom is -0.497 e. The Morgan fingerprint density at radius 3 is 2.36 bits per heavy atom. The first-order chi connectivity index (χ1) is 13.5. The van der Waals surface area contributed by atoms with E-state index in [2.05, 4.69) is 17.4 Å². The van der Waals surface area contributed by atoms with E-state index in [9.17, 15) is 4.79 Å². The van der Waals surface area contributed by atoms with Crippen LogP contribution >= 0.6 is 0 Å². The summed E-state index contributed by atoms with van der Waals surface area (Å²) in [5.41, 5.74) is 1.23. The smallest absolute Gasteiger partial charge is 0.261 e. The number of methoxy groups -OCH3 is 1. The maximum absolute atomic E-state index is 12.4. The summed E-state index contributed by atoms with van der Waals surface area (Å²) in [6, 6.07) is 15.4. The highest BCUT2D eigenvalue weighted by Crippen LogP contribution is 2.20. The summed E-state index contributed by atoms with van der Waals surface area (Å²) in [6.07, 6.45) is 2.02. The molecule has 5 heteroatoms. The largest absolute Gasteiger partial charge is 0.497 e. The Kier molecular flexibility index (Phi) is 8.66. The van der Waals surface area contributed by atoms with Crippen molar-refractivity contribution in [2.45, 2.75) is 52.2 Å². The Hall–Kier alpha value is -2.69. The summed E-state index contributed by atoms with van der Waals surface area (Å²) < 4.78 is 16.7. The minimum atomic E-state index is -0.514. The number of ether oxygens (including phenoxy) is 3. The average molecular weight is 386 g/mol. The van der Waals surface area contributed by atoms with Crippen molar-refractivity contribution in [1.29, 1.82) is 0 Å². The fraction of sp³-hybridized carbons (Fsp3) is 0.435. The Bertz CT molecular complexity index is 728. The Morgan fingerprint density at radius 1 is 1.00 bits per heavy atom. The molecule has 0 heterocycles. The number of benzene rings is 2. The first-order valence-corrected chi connectivity index (χ1v) is 9.85. The van der Waals surface area contributed by atoms with Gasteiger partial charge in [0.15, 0.2) is 6.10 Å². The van der Waals surface area contributed by atoms with Gasteiger partial charge in [0, 0.05) is 12.6 Å². The third-order valence-corrected chi connectivity index (χ3v) is 4.22. The molecule has 0 saturated carbocycles. The van der Waals surface area contributed by atoms with Crippen LogP contribution in [0.15, 0.2) is 48.5 Å². The van der Waals surface area contributed by atoms with Gasteiger partial charge in [-0.05, 0) is 62.9 Å². The Morgan fingerprint density at radius 2 is 1.71 bits per heavy atom. The second-order valence-corrected chi connectivity index (χ2v) is 6.90. The van der Waals surface area contributed by atoms with Crippen molar-refractivity contribution in [3.05, 3.63) is 54.1 Å². The molecule has 2 rings (SSSR count). The molecule has 1 amide bonds. The molecule has 28 heavy (non-hydrogen) atoms. The normalized spacial score (nSPS) is 11.8. The number of aryl methyl sites for hydroxylation is 1. The van der Waals surface area contributed by atoms with E-state index in [1.54, 1.807) is 13.2 Å². The van der Waals surface area contributed by atoms with E-state index in [4.69, 9.17) is 14.2 Å². The summed E-state index contributed by atoms with van der Waals surface area (Å²) >= 11 is 0. The monoisotopic (exact) mass is 385 g/mol. The maximum atomic E-state index is 12.4. The van der Waals surface area contributed by atoms with Crippen molar-refractivity contribution in [2.75, 3.05) is 13.7 Å². The van der Waals surface area contributed by atoms with E-state index < -0.39 is 6.10 Å². The fourth-order valence-electron chi connectivity index (χ4n) is 2.79. The van der Waals surface area contributed by atoms with E-state index in [0.717, 1.165) is 18.6 Å². The molecule has 1 N–H and O–H groups in total. The molecule has 0 bridgehead atoms. The molecule has 0 aliphatic carbocycles. The molecule has 0 spiro atoms. The van der Waals surface area contributed by atoms with Crippen LogP contribution in [0.5, 0.6) is 17.2 Å². The first-order valence-electron chi connectivity index (χ1n) is 9.85. The number of nitrogens with one attached hydrogen (secondary N) is 1. The van der Waals surface area contributed by atoms with Gasteiger partial charge in [0.1, 0.15) is 17.2 Å². The van der Waals surface area contributed by atoms with Crippen LogP contribution < -0.4 is 19.5 Å². The van der Waals surface area contributed by atoms with Crippen molar-refractivity contribution in [3.8, 4) is 17.2 Å². The quantitative estimate of drug-likeness (QED) is 0.583. The van der Waals surface area contributed by atoms with Gasteiger partial charge in [0.2, 0.25) is 0 Å². The SMILES string of the molecule is CC[C@H](Oc1cccc(OC)c1)C(=O)NCCCc1ccc(OC(C)C)cc1. The highest BCUT2D eigenvalue weighted by molar-refractivity contribution is 5.81. The lowest BCUT2D eigenvalue weighted by Crippen LogP contribution is -2.38. The number of carbonyl (C=O) groups excluding carboxylic acids is 1. The highest BCUT2D eigenvalue weighted by atomic mass is 16.5. The molecule has 0 aromatic heterocycles. The van der Waals surface area contributed by atoms with Gasteiger partial charge < -0.3 is 19.5 Å². The topological polar surface area (TPSA) is 56.8 Å². The van der Waals surface area contributed by atoms with Crippen LogP contribution in [0, 0.1) is 0 Å². The highest BCUT2D eigenvalue weighted by Gasteiger charge is 2.18. The molecule has 0 fully saturated rings. The number of carbonyl (C=O) groups is 1. The molecule has 0 radical (unpaired) electrons. The molecule has 152 valence electrons. The summed E-state index contributed by atoms with van der Waals surface area (Å²) in [4.78, 5) is 12.4. The molecule has 2 aromatic rings. The zero-order chi connectivity index (χ0) is 20.4. The molecule has 2 aromatic carbocycles. The van der Waals surface area contributed by atoms with Gasteiger partial charge in [-0.2, -0.15) is 0 Å².